The quantitative estimate of drug-likeness (QED) is 0.123. The number of imidazole rings is 2. The molecule has 4 N–H and O–H groups in total. The van der Waals surface area contributed by atoms with Gasteiger partial charge in [0.1, 0.15) is 23.7 Å². The fraction of sp³-hybridized carbons (Fsp3) is 0.429. The predicted molar refractivity (Wildman–Crippen MR) is 217 cm³/mol. The second kappa shape index (κ2) is 17.6. The number of ether oxygens (including phenoxy) is 3. The highest BCUT2D eigenvalue weighted by Crippen LogP contribution is 2.35. The highest BCUT2D eigenvalue weighted by Gasteiger charge is 2.39. The summed E-state index contributed by atoms with van der Waals surface area (Å²) in [7, 11) is 4.03. The molecule has 0 unspecified atom stereocenters. The third-order valence-electron chi connectivity index (χ3n) is 11.2. The van der Waals surface area contributed by atoms with Crippen LogP contribution < -0.4 is 10.6 Å². The summed E-state index contributed by atoms with van der Waals surface area (Å²) in [6, 6.07) is 11.7. The summed E-state index contributed by atoms with van der Waals surface area (Å²) in [6.45, 7) is 6.62. The average molecular weight is 807 g/mol. The number of benzene rings is 2. The summed E-state index contributed by atoms with van der Waals surface area (Å²) in [5.41, 5.74) is 6.47. The van der Waals surface area contributed by atoms with Crippen molar-refractivity contribution in [2.45, 2.75) is 76.7 Å². The first kappa shape index (κ1) is 40.8. The monoisotopic (exact) mass is 806 g/mol. The molecule has 2 aliphatic heterocycles. The Labute approximate surface area is 341 Å². The normalized spacial score (nSPS) is 18.2. The van der Waals surface area contributed by atoms with Crippen LogP contribution in [0.15, 0.2) is 61.1 Å². The molecule has 2 saturated heterocycles. The molecular weight excluding hydrogens is 757 g/mol. The first-order valence-electron chi connectivity index (χ1n) is 19.8. The number of nitrogens with one attached hydrogen (secondary N) is 4. The molecule has 17 heteroatoms. The summed E-state index contributed by atoms with van der Waals surface area (Å²) in [5, 5.41) is 5.31. The first-order valence-corrected chi connectivity index (χ1v) is 19.8. The van der Waals surface area contributed by atoms with Crippen LogP contribution in [0.5, 0.6) is 0 Å². The van der Waals surface area contributed by atoms with Crippen LogP contribution in [0.2, 0.25) is 0 Å². The molecule has 0 spiro atoms. The number of likely N-dealkylation sites (tertiary alicyclic amines) is 2. The van der Waals surface area contributed by atoms with Gasteiger partial charge in [-0.15, -0.1) is 0 Å². The summed E-state index contributed by atoms with van der Waals surface area (Å²) >= 11 is 0. The molecule has 0 bridgehead atoms. The summed E-state index contributed by atoms with van der Waals surface area (Å²) in [4.78, 5) is 80.5. The van der Waals surface area contributed by atoms with Crippen LogP contribution in [0.25, 0.3) is 44.8 Å². The molecule has 0 aliphatic carbocycles. The molecule has 5 atom stereocenters. The lowest BCUT2D eigenvalue weighted by molar-refractivity contribution is -0.137. The number of rotatable bonds is 12. The maximum atomic E-state index is 13.7. The lowest BCUT2D eigenvalue weighted by Crippen LogP contribution is -2.54. The van der Waals surface area contributed by atoms with Crippen molar-refractivity contribution in [2.24, 2.45) is 5.92 Å². The number of aromatic nitrogens is 6. The lowest BCUT2D eigenvalue weighted by Gasteiger charge is -2.30. The number of carbonyl (C=O) groups is 4. The molecule has 5 aromatic rings. The largest absolute Gasteiger partial charge is 0.453 e. The van der Waals surface area contributed by atoms with Crippen molar-refractivity contribution in [1.82, 2.24) is 50.3 Å². The number of fused-ring (bicyclic) bond motifs is 1. The summed E-state index contributed by atoms with van der Waals surface area (Å²) < 4.78 is 14.9. The zero-order valence-electron chi connectivity index (χ0n) is 34.0. The maximum absolute atomic E-state index is 13.7. The molecule has 2 aromatic carbocycles. The van der Waals surface area contributed by atoms with Gasteiger partial charge in [0.15, 0.2) is 0 Å². The van der Waals surface area contributed by atoms with E-state index in [1.165, 1.54) is 21.3 Å². The number of amides is 4. The lowest BCUT2D eigenvalue weighted by atomic mass is 10.0. The molecule has 2 fully saturated rings. The number of alkyl carbamates (subject to hydrolysis) is 2. The number of aromatic amines is 2. The van der Waals surface area contributed by atoms with E-state index in [-0.39, 0.29) is 29.8 Å². The number of H-pyrrole nitrogens is 2. The molecule has 2 aliphatic rings. The van der Waals surface area contributed by atoms with E-state index >= 15 is 0 Å². The summed E-state index contributed by atoms with van der Waals surface area (Å²) in [6.07, 6.45) is 6.47. The van der Waals surface area contributed by atoms with E-state index in [4.69, 9.17) is 29.2 Å². The van der Waals surface area contributed by atoms with Crippen LogP contribution in [0, 0.1) is 5.92 Å². The predicted octanol–water partition coefficient (Wildman–Crippen LogP) is 5.54. The van der Waals surface area contributed by atoms with Gasteiger partial charge in [-0.3, -0.25) is 19.6 Å². The molecule has 59 heavy (non-hydrogen) atoms. The Hall–Kier alpha value is -6.36. The van der Waals surface area contributed by atoms with Crippen LogP contribution in [0.3, 0.4) is 0 Å². The van der Waals surface area contributed by atoms with Gasteiger partial charge in [0.2, 0.25) is 11.8 Å². The van der Waals surface area contributed by atoms with Crippen molar-refractivity contribution >= 4 is 35.0 Å². The second-order valence-electron chi connectivity index (χ2n) is 15.2. The van der Waals surface area contributed by atoms with Gasteiger partial charge in [-0.05, 0) is 56.2 Å². The average Bonchev–Trinajstić information content (AvgIpc) is 4.10. The van der Waals surface area contributed by atoms with Crippen molar-refractivity contribution in [3.8, 4) is 33.8 Å². The molecule has 0 saturated carbocycles. The van der Waals surface area contributed by atoms with Gasteiger partial charge in [0, 0.05) is 31.3 Å². The Morgan fingerprint density at radius 3 is 1.85 bits per heavy atom. The Morgan fingerprint density at radius 2 is 1.25 bits per heavy atom. The number of carbonyl (C=O) groups excluding carboxylic acids is 4. The van der Waals surface area contributed by atoms with E-state index in [2.05, 4.69) is 25.6 Å². The van der Waals surface area contributed by atoms with Gasteiger partial charge < -0.3 is 44.6 Å². The van der Waals surface area contributed by atoms with Crippen molar-refractivity contribution in [3.05, 3.63) is 72.7 Å². The van der Waals surface area contributed by atoms with Gasteiger partial charge in [-0.1, -0.05) is 44.2 Å². The Balaban J connectivity index is 1.02. The first-order chi connectivity index (χ1) is 28.5. The van der Waals surface area contributed by atoms with Gasteiger partial charge in [-0.2, -0.15) is 0 Å². The van der Waals surface area contributed by atoms with Crippen LogP contribution in [-0.4, -0.2) is 116 Å². The number of nitrogens with zero attached hydrogens (tertiary/aromatic N) is 6. The Bertz CT molecular complexity index is 2290. The zero-order valence-corrected chi connectivity index (χ0v) is 34.0. The minimum absolute atomic E-state index is 0.116. The second-order valence-corrected chi connectivity index (χ2v) is 15.2. The highest BCUT2D eigenvalue weighted by atomic mass is 16.5. The third-order valence-corrected chi connectivity index (χ3v) is 11.2. The van der Waals surface area contributed by atoms with Crippen LogP contribution >= 0.6 is 0 Å². The van der Waals surface area contributed by atoms with Crippen LogP contribution in [0.4, 0.5) is 9.59 Å². The molecule has 7 rings (SSSR count). The van der Waals surface area contributed by atoms with E-state index in [0.717, 1.165) is 59.1 Å². The van der Waals surface area contributed by atoms with E-state index < -0.39 is 30.4 Å². The van der Waals surface area contributed by atoms with Crippen molar-refractivity contribution < 1.29 is 33.4 Å². The summed E-state index contributed by atoms with van der Waals surface area (Å²) in [5.74, 6) is 0.839. The van der Waals surface area contributed by atoms with E-state index in [1.807, 2.05) is 56.3 Å². The molecule has 0 radical (unpaired) electrons. The zero-order chi connectivity index (χ0) is 41.8. The standard InChI is InChI=1S/C42H50N10O7/c1-23(2)35(49-41(55)58-5)39(53)51-17-7-9-33(51)37-45-22-32(48-37)26-13-11-25(12-14-26)30-20-44-31(21-43-30)27-15-16-28-29(19-27)47-38(46-28)34-10-8-18-52(34)40(54)36(24(3)57-4)50-42(56)59-6/h11-16,19-24,33-36H,7-10,17-18H2,1-6H3,(H,45,48)(H,46,47)(H,49,55)(H,50,56)/t24-,33+,34+,35+,36+/m1/s1. The maximum Gasteiger partial charge on any atom is 0.407 e. The third kappa shape index (κ3) is 8.60. The Kier molecular flexibility index (Phi) is 12.2. The minimum Gasteiger partial charge on any atom is -0.453 e. The number of hydrogen-bond donors (Lipinski definition) is 4. The number of methoxy groups -OCH3 is 3. The van der Waals surface area contributed by atoms with E-state index in [1.54, 1.807) is 35.3 Å². The molecular formula is C42H50N10O7. The van der Waals surface area contributed by atoms with Crippen molar-refractivity contribution in [3.63, 3.8) is 0 Å². The van der Waals surface area contributed by atoms with Crippen LogP contribution in [0.1, 0.15) is 70.2 Å². The van der Waals surface area contributed by atoms with Gasteiger partial charge in [0.25, 0.3) is 0 Å². The van der Waals surface area contributed by atoms with Crippen molar-refractivity contribution in [2.75, 3.05) is 34.4 Å². The van der Waals surface area contributed by atoms with Crippen LogP contribution in [-0.2, 0) is 23.8 Å². The van der Waals surface area contributed by atoms with Gasteiger partial charge in [-0.25, -0.2) is 19.6 Å². The Morgan fingerprint density at radius 1 is 0.695 bits per heavy atom. The smallest absolute Gasteiger partial charge is 0.407 e. The fourth-order valence-electron chi connectivity index (χ4n) is 7.83. The molecule has 3 aromatic heterocycles. The van der Waals surface area contributed by atoms with E-state index in [9.17, 15) is 19.2 Å². The minimum atomic E-state index is -0.912. The molecule has 17 nitrogen and oxygen atoms in total. The van der Waals surface area contributed by atoms with Crippen molar-refractivity contribution in [1.29, 1.82) is 0 Å². The SMILES string of the molecule is COC(=O)N[C@H](C(=O)N1CCC[C@H]1c1ncc(-c2ccc(-c3cnc(-c4ccc5nc([C@@H]6CCCN6C(=O)[C@@H](NC(=O)OC)[C@@H](C)OC)[nH]c5c4)cn3)cc2)[nH]1)C(C)C. The molecule has 5 heterocycles. The topological polar surface area (TPSA) is 210 Å². The van der Waals surface area contributed by atoms with E-state index in [0.29, 0.717) is 36.1 Å². The number of hydrogen-bond acceptors (Lipinski definition) is 11. The van der Waals surface area contributed by atoms with Gasteiger partial charge in [0.05, 0.1) is 79.1 Å². The highest BCUT2D eigenvalue weighted by molar-refractivity contribution is 5.88. The van der Waals surface area contributed by atoms with Gasteiger partial charge >= 0.3 is 12.2 Å². The molecule has 4 amide bonds. The fourth-order valence-corrected chi connectivity index (χ4v) is 7.83. The molecule has 310 valence electrons.